The maximum Gasteiger partial charge on any atom is 0.0406 e. The van der Waals surface area contributed by atoms with Crippen LogP contribution in [0.15, 0.2) is 60.7 Å². The van der Waals surface area contributed by atoms with E-state index in [-0.39, 0.29) is 0 Å². The molecule has 0 N–H and O–H groups in total. The summed E-state index contributed by atoms with van der Waals surface area (Å²) in [6.07, 6.45) is 14.1. The largest absolute Gasteiger partial charge is 0.0885 e. The van der Waals surface area contributed by atoms with Gasteiger partial charge < -0.3 is 0 Å². The van der Waals surface area contributed by atoms with Gasteiger partial charge in [0.05, 0.1) is 0 Å². The highest BCUT2D eigenvalue weighted by atomic mass is 35.5. The highest BCUT2D eigenvalue weighted by Gasteiger charge is 2.19. The van der Waals surface area contributed by atoms with Gasteiger partial charge in [0.25, 0.3) is 0 Å². The zero-order valence-electron chi connectivity index (χ0n) is 15.3. The summed E-state index contributed by atoms with van der Waals surface area (Å²) in [7, 11) is 0. The van der Waals surface area contributed by atoms with E-state index in [4.69, 9.17) is 11.6 Å². The van der Waals surface area contributed by atoms with Gasteiger partial charge in [0.2, 0.25) is 0 Å². The van der Waals surface area contributed by atoms with E-state index in [2.05, 4.69) is 55.5 Å². The lowest BCUT2D eigenvalue weighted by Gasteiger charge is -2.26. The molecule has 1 fully saturated rings. The highest BCUT2D eigenvalue weighted by Crippen LogP contribution is 2.32. The van der Waals surface area contributed by atoms with Crippen molar-refractivity contribution < 1.29 is 0 Å². The lowest BCUT2D eigenvalue weighted by Crippen LogP contribution is -2.13. The first-order valence-electron chi connectivity index (χ1n) is 9.76. The van der Waals surface area contributed by atoms with Gasteiger partial charge in [-0.05, 0) is 85.6 Å². The molecule has 0 radical (unpaired) electrons. The third-order valence-electron chi connectivity index (χ3n) is 5.51. The van der Waals surface area contributed by atoms with Crippen LogP contribution in [-0.4, -0.2) is 0 Å². The van der Waals surface area contributed by atoms with Gasteiger partial charge in [0.15, 0.2) is 0 Å². The lowest BCUT2D eigenvalue weighted by atomic mass is 9.79. The van der Waals surface area contributed by atoms with Gasteiger partial charge in [0, 0.05) is 5.02 Å². The number of aryl methyl sites for hydroxylation is 1. The molecule has 0 amide bonds. The van der Waals surface area contributed by atoms with Crippen LogP contribution in [0.3, 0.4) is 0 Å². The molecule has 0 aromatic heterocycles. The minimum atomic E-state index is 0.792. The molecule has 0 saturated heterocycles. The van der Waals surface area contributed by atoms with E-state index in [1.54, 1.807) is 0 Å². The molecule has 132 valence electrons. The van der Waals surface area contributed by atoms with Gasteiger partial charge in [-0.1, -0.05) is 67.1 Å². The van der Waals surface area contributed by atoms with E-state index in [1.165, 1.54) is 61.6 Å². The molecule has 1 saturated carbocycles. The predicted octanol–water partition coefficient (Wildman–Crippen LogP) is 7.71. The van der Waals surface area contributed by atoms with Crippen LogP contribution in [-0.2, 0) is 6.42 Å². The molecule has 0 aliphatic heterocycles. The normalized spacial score (nSPS) is 20.9. The number of rotatable bonds is 6. The number of hydrogen-bond acceptors (Lipinski definition) is 0. The minimum Gasteiger partial charge on any atom is -0.0885 e. The van der Waals surface area contributed by atoms with Crippen LogP contribution in [0.5, 0.6) is 0 Å². The number of allylic oxidation sites excluding steroid dienone is 2. The third-order valence-corrected chi connectivity index (χ3v) is 5.76. The first-order chi connectivity index (χ1) is 12.2. The zero-order valence-corrected chi connectivity index (χ0v) is 16.0. The molecule has 3 rings (SSSR count). The molecule has 0 spiro atoms. The Morgan fingerprint density at radius 1 is 0.880 bits per heavy atom. The van der Waals surface area contributed by atoms with Crippen molar-refractivity contribution >= 4 is 11.6 Å². The molecule has 1 heteroatoms. The van der Waals surface area contributed by atoms with Crippen molar-refractivity contribution in [2.75, 3.05) is 0 Å². The Morgan fingerprint density at radius 3 is 2.08 bits per heavy atom. The standard InChI is InChI=1S/C24H29Cl/c1-2-3-4-19-5-7-20(8-6-19)9-10-21-11-13-22(14-12-21)23-15-17-24(25)18-16-23/h3-4,11-20H,2,5-10H2,1H3/b4-3+. The van der Waals surface area contributed by atoms with Crippen molar-refractivity contribution in [2.45, 2.75) is 51.9 Å². The van der Waals surface area contributed by atoms with Gasteiger partial charge in [-0.2, -0.15) is 0 Å². The molecular formula is C24H29Cl. The lowest BCUT2D eigenvalue weighted by molar-refractivity contribution is 0.296. The first-order valence-corrected chi connectivity index (χ1v) is 10.1. The molecule has 1 aliphatic rings. The average Bonchev–Trinajstić information content (AvgIpc) is 2.67. The molecule has 1 aliphatic carbocycles. The molecule has 0 nitrogen and oxygen atoms in total. The Morgan fingerprint density at radius 2 is 1.48 bits per heavy atom. The van der Waals surface area contributed by atoms with Gasteiger partial charge in [-0.3, -0.25) is 0 Å². The van der Waals surface area contributed by atoms with Gasteiger partial charge >= 0.3 is 0 Å². The van der Waals surface area contributed by atoms with Crippen LogP contribution in [0.2, 0.25) is 5.02 Å². The minimum absolute atomic E-state index is 0.792. The predicted molar refractivity (Wildman–Crippen MR) is 110 cm³/mol. The fourth-order valence-electron chi connectivity index (χ4n) is 3.87. The maximum atomic E-state index is 5.97. The van der Waals surface area contributed by atoms with E-state index in [0.717, 1.165) is 16.9 Å². The van der Waals surface area contributed by atoms with Gasteiger partial charge in [-0.25, -0.2) is 0 Å². The Kier molecular flexibility index (Phi) is 6.76. The van der Waals surface area contributed by atoms with Crippen molar-refractivity contribution in [2.24, 2.45) is 11.8 Å². The van der Waals surface area contributed by atoms with E-state index >= 15 is 0 Å². The third kappa shape index (κ3) is 5.47. The van der Waals surface area contributed by atoms with Crippen LogP contribution in [0.4, 0.5) is 0 Å². The Balaban J connectivity index is 1.48. The summed E-state index contributed by atoms with van der Waals surface area (Å²) in [4.78, 5) is 0. The Hall–Kier alpha value is -1.53. The summed E-state index contributed by atoms with van der Waals surface area (Å²) in [5, 5.41) is 0.792. The summed E-state index contributed by atoms with van der Waals surface area (Å²) in [6, 6.07) is 17.1. The molecule has 2 aromatic carbocycles. The van der Waals surface area contributed by atoms with E-state index in [9.17, 15) is 0 Å². The van der Waals surface area contributed by atoms with Crippen molar-refractivity contribution in [3.63, 3.8) is 0 Å². The van der Waals surface area contributed by atoms with E-state index in [0.29, 0.717) is 0 Å². The monoisotopic (exact) mass is 352 g/mol. The van der Waals surface area contributed by atoms with Crippen molar-refractivity contribution in [1.29, 1.82) is 0 Å². The van der Waals surface area contributed by atoms with Crippen molar-refractivity contribution in [3.8, 4) is 11.1 Å². The maximum absolute atomic E-state index is 5.97. The number of hydrogen-bond donors (Lipinski definition) is 0. The molecule has 0 bridgehead atoms. The highest BCUT2D eigenvalue weighted by molar-refractivity contribution is 6.30. The molecule has 0 heterocycles. The summed E-state index contributed by atoms with van der Waals surface area (Å²) >= 11 is 5.97. The number of halogens is 1. The van der Waals surface area contributed by atoms with Crippen LogP contribution in [0.1, 0.15) is 51.0 Å². The van der Waals surface area contributed by atoms with Gasteiger partial charge in [0.1, 0.15) is 0 Å². The Bertz CT molecular complexity index is 658. The van der Waals surface area contributed by atoms with E-state index < -0.39 is 0 Å². The Labute approximate surface area is 157 Å². The topological polar surface area (TPSA) is 0 Å². The van der Waals surface area contributed by atoms with Crippen molar-refractivity contribution in [1.82, 2.24) is 0 Å². The van der Waals surface area contributed by atoms with Crippen molar-refractivity contribution in [3.05, 3.63) is 71.3 Å². The fourth-order valence-corrected chi connectivity index (χ4v) is 4.00. The summed E-state index contributed by atoms with van der Waals surface area (Å²) < 4.78 is 0. The quantitative estimate of drug-likeness (QED) is 0.467. The van der Waals surface area contributed by atoms with Crippen LogP contribution < -0.4 is 0 Å². The van der Waals surface area contributed by atoms with Crippen LogP contribution in [0, 0.1) is 11.8 Å². The van der Waals surface area contributed by atoms with Crippen LogP contribution in [0.25, 0.3) is 11.1 Å². The first kappa shape index (κ1) is 18.3. The molecule has 0 atom stereocenters. The second-order valence-electron chi connectivity index (χ2n) is 7.36. The second-order valence-corrected chi connectivity index (χ2v) is 7.80. The smallest absolute Gasteiger partial charge is 0.0406 e. The summed E-state index contributed by atoms with van der Waals surface area (Å²) in [5.74, 6) is 1.76. The zero-order chi connectivity index (χ0) is 17.5. The molecular weight excluding hydrogens is 324 g/mol. The summed E-state index contributed by atoms with van der Waals surface area (Å²) in [6.45, 7) is 2.22. The molecule has 2 aromatic rings. The van der Waals surface area contributed by atoms with E-state index in [1.807, 2.05) is 12.1 Å². The van der Waals surface area contributed by atoms with Crippen LogP contribution >= 0.6 is 11.6 Å². The van der Waals surface area contributed by atoms with Gasteiger partial charge in [-0.15, -0.1) is 0 Å². The fraction of sp³-hybridized carbons (Fsp3) is 0.417. The number of benzene rings is 2. The SMILES string of the molecule is CC/C=C/C1CCC(CCc2ccc(-c3ccc(Cl)cc3)cc2)CC1. The summed E-state index contributed by atoms with van der Waals surface area (Å²) in [5.41, 5.74) is 3.96. The molecule has 0 unspecified atom stereocenters. The average molecular weight is 353 g/mol. The molecule has 25 heavy (non-hydrogen) atoms. The second kappa shape index (κ2) is 9.25.